The van der Waals surface area contributed by atoms with Crippen LogP contribution in [0.15, 0.2) is 18.2 Å². The largest absolute Gasteiger partial charge is 0.326 e. The Balaban J connectivity index is 0.000000184. The minimum Gasteiger partial charge on any atom is -0.326 e. The molecule has 0 spiro atoms. The summed E-state index contributed by atoms with van der Waals surface area (Å²) < 4.78 is 24.7. The fourth-order valence-electron chi connectivity index (χ4n) is 1.82. The monoisotopic (exact) mass is 256 g/mol. The van der Waals surface area contributed by atoms with E-state index in [1.165, 1.54) is 38.1 Å². The van der Waals surface area contributed by atoms with Crippen molar-refractivity contribution in [3.63, 3.8) is 0 Å². The Labute approximate surface area is 108 Å². The summed E-state index contributed by atoms with van der Waals surface area (Å²) in [5.74, 6) is -0.177. The van der Waals surface area contributed by atoms with Crippen molar-refractivity contribution in [2.45, 2.75) is 26.3 Å². The van der Waals surface area contributed by atoms with E-state index in [1.807, 2.05) is 0 Å². The lowest BCUT2D eigenvalue weighted by molar-refractivity contribution is 0.230. The van der Waals surface area contributed by atoms with Crippen molar-refractivity contribution in [1.82, 2.24) is 4.90 Å². The van der Waals surface area contributed by atoms with E-state index in [0.29, 0.717) is 5.56 Å². The van der Waals surface area contributed by atoms with Crippen molar-refractivity contribution in [2.24, 2.45) is 11.7 Å². The molecule has 0 atom stereocenters. The molecule has 2 rings (SSSR count). The Kier molecular flexibility index (Phi) is 6.22. The van der Waals surface area contributed by atoms with Crippen LogP contribution in [0, 0.1) is 17.6 Å². The summed E-state index contributed by atoms with van der Waals surface area (Å²) in [7, 11) is 2.20. The molecule has 0 unspecified atom stereocenters. The van der Waals surface area contributed by atoms with E-state index >= 15 is 0 Å². The molecule has 4 heteroatoms. The Morgan fingerprint density at radius 1 is 1.28 bits per heavy atom. The molecule has 1 heterocycles. The highest BCUT2D eigenvalue weighted by atomic mass is 19.1. The number of nitrogens with two attached hydrogens (primary N) is 1. The molecule has 0 aliphatic carbocycles. The summed E-state index contributed by atoms with van der Waals surface area (Å²) >= 11 is 0. The highest BCUT2D eigenvalue weighted by molar-refractivity contribution is 5.17. The second kappa shape index (κ2) is 7.44. The van der Waals surface area contributed by atoms with Crippen molar-refractivity contribution in [2.75, 3.05) is 20.1 Å². The zero-order chi connectivity index (χ0) is 13.5. The summed E-state index contributed by atoms with van der Waals surface area (Å²) in [6.07, 6.45) is 2.80. The molecular weight excluding hydrogens is 234 g/mol. The summed E-state index contributed by atoms with van der Waals surface area (Å²) in [5.41, 5.74) is 5.47. The first-order valence-corrected chi connectivity index (χ1v) is 6.35. The summed E-state index contributed by atoms with van der Waals surface area (Å²) in [6.45, 7) is 5.06. The molecule has 2 N–H and O–H groups in total. The quantitative estimate of drug-likeness (QED) is 0.837. The highest BCUT2D eigenvalue weighted by Gasteiger charge is 2.10. The van der Waals surface area contributed by atoms with Crippen molar-refractivity contribution in [3.05, 3.63) is 35.4 Å². The standard InChI is InChI=1S/C7H7F2N.C7H15N/c8-6-2-1-5(4-10)7(9)3-6;1-7-3-5-8(2)6-4-7/h1-3H,4,10H2;7H,3-6H2,1-2H3. The second-order valence-electron chi connectivity index (χ2n) is 4.93. The third-order valence-corrected chi connectivity index (χ3v) is 3.24. The van der Waals surface area contributed by atoms with Gasteiger partial charge in [0.2, 0.25) is 0 Å². The Morgan fingerprint density at radius 3 is 2.33 bits per heavy atom. The fourth-order valence-corrected chi connectivity index (χ4v) is 1.82. The maximum atomic E-state index is 12.5. The number of halogens is 2. The van der Waals surface area contributed by atoms with Crippen LogP contribution in [0.2, 0.25) is 0 Å². The average molecular weight is 256 g/mol. The van der Waals surface area contributed by atoms with Crippen LogP contribution in [0.25, 0.3) is 0 Å². The highest BCUT2D eigenvalue weighted by Crippen LogP contribution is 2.13. The van der Waals surface area contributed by atoms with Gasteiger partial charge >= 0.3 is 0 Å². The molecular formula is C14H22F2N2. The maximum Gasteiger partial charge on any atom is 0.130 e. The summed E-state index contributed by atoms with van der Waals surface area (Å²) in [6, 6.07) is 3.35. The van der Waals surface area contributed by atoms with Gasteiger partial charge in [-0.2, -0.15) is 0 Å². The SMILES string of the molecule is CC1CCN(C)CC1.NCc1ccc(F)cc1F. The molecule has 0 saturated carbocycles. The van der Waals surface area contributed by atoms with Gasteiger partial charge in [-0.25, -0.2) is 8.78 Å². The second-order valence-corrected chi connectivity index (χ2v) is 4.93. The van der Waals surface area contributed by atoms with Gasteiger partial charge in [0, 0.05) is 18.2 Å². The molecule has 0 amide bonds. The number of nitrogens with zero attached hydrogens (tertiary/aromatic N) is 1. The predicted octanol–water partition coefficient (Wildman–Crippen LogP) is 2.77. The van der Waals surface area contributed by atoms with Gasteiger partial charge in [0.05, 0.1) is 0 Å². The van der Waals surface area contributed by atoms with E-state index in [4.69, 9.17) is 5.73 Å². The first-order valence-electron chi connectivity index (χ1n) is 6.35. The van der Waals surface area contributed by atoms with Gasteiger partial charge in [-0.1, -0.05) is 13.0 Å². The number of piperidine rings is 1. The topological polar surface area (TPSA) is 29.3 Å². The van der Waals surface area contributed by atoms with E-state index in [9.17, 15) is 8.78 Å². The van der Waals surface area contributed by atoms with Gasteiger partial charge in [0.25, 0.3) is 0 Å². The molecule has 0 bridgehead atoms. The molecule has 1 aliphatic heterocycles. The molecule has 18 heavy (non-hydrogen) atoms. The maximum absolute atomic E-state index is 12.5. The normalized spacial score (nSPS) is 17.2. The van der Waals surface area contributed by atoms with Crippen LogP contribution in [0.4, 0.5) is 8.78 Å². The zero-order valence-corrected chi connectivity index (χ0v) is 11.1. The van der Waals surface area contributed by atoms with Gasteiger partial charge in [-0.05, 0) is 45.0 Å². The lowest BCUT2D eigenvalue weighted by Gasteiger charge is -2.26. The van der Waals surface area contributed by atoms with Crippen LogP contribution in [0.3, 0.4) is 0 Å². The number of rotatable bonds is 1. The van der Waals surface area contributed by atoms with E-state index < -0.39 is 11.6 Å². The molecule has 1 aliphatic rings. The molecule has 2 nitrogen and oxygen atoms in total. The number of hydrogen-bond donors (Lipinski definition) is 1. The molecule has 0 radical (unpaired) electrons. The van der Waals surface area contributed by atoms with E-state index in [1.54, 1.807) is 0 Å². The Bertz CT molecular complexity index is 351. The average Bonchev–Trinajstić information content (AvgIpc) is 2.34. The van der Waals surface area contributed by atoms with Gasteiger partial charge < -0.3 is 10.6 Å². The smallest absolute Gasteiger partial charge is 0.130 e. The number of hydrogen-bond acceptors (Lipinski definition) is 2. The summed E-state index contributed by atoms with van der Waals surface area (Å²) in [4.78, 5) is 2.40. The lowest BCUT2D eigenvalue weighted by Crippen LogP contribution is -2.28. The predicted molar refractivity (Wildman–Crippen MR) is 70.1 cm³/mol. The third kappa shape index (κ3) is 5.10. The van der Waals surface area contributed by atoms with Crippen LogP contribution in [0.1, 0.15) is 25.3 Å². The van der Waals surface area contributed by atoms with Gasteiger partial charge in [-0.15, -0.1) is 0 Å². The lowest BCUT2D eigenvalue weighted by atomic mass is 10.00. The van der Waals surface area contributed by atoms with Crippen LogP contribution in [-0.2, 0) is 6.54 Å². The molecule has 1 fully saturated rings. The zero-order valence-electron chi connectivity index (χ0n) is 11.1. The van der Waals surface area contributed by atoms with Crippen LogP contribution < -0.4 is 5.73 Å². The minimum absolute atomic E-state index is 0.103. The molecule has 1 saturated heterocycles. The van der Waals surface area contributed by atoms with E-state index in [0.717, 1.165) is 12.0 Å². The minimum atomic E-state index is -0.581. The first-order chi connectivity index (χ1) is 8.52. The van der Waals surface area contributed by atoms with Gasteiger partial charge in [0.1, 0.15) is 11.6 Å². The van der Waals surface area contributed by atoms with E-state index in [2.05, 4.69) is 18.9 Å². The first kappa shape index (κ1) is 15.1. The van der Waals surface area contributed by atoms with Crippen LogP contribution in [-0.4, -0.2) is 25.0 Å². The fraction of sp³-hybridized carbons (Fsp3) is 0.571. The van der Waals surface area contributed by atoms with Crippen molar-refractivity contribution in [3.8, 4) is 0 Å². The third-order valence-electron chi connectivity index (χ3n) is 3.24. The Morgan fingerprint density at radius 2 is 1.89 bits per heavy atom. The number of benzene rings is 1. The van der Waals surface area contributed by atoms with Gasteiger partial charge in [-0.3, -0.25) is 0 Å². The summed E-state index contributed by atoms with van der Waals surface area (Å²) in [5, 5.41) is 0. The molecule has 1 aromatic carbocycles. The van der Waals surface area contributed by atoms with Gasteiger partial charge in [0.15, 0.2) is 0 Å². The number of likely N-dealkylation sites (tertiary alicyclic amines) is 1. The van der Waals surface area contributed by atoms with Crippen LogP contribution in [0.5, 0.6) is 0 Å². The molecule has 1 aromatic rings. The van der Waals surface area contributed by atoms with Crippen molar-refractivity contribution < 1.29 is 8.78 Å². The molecule has 102 valence electrons. The van der Waals surface area contributed by atoms with Crippen molar-refractivity contribution >= 4 is 0 Å². The van der Waals surface area contributed by atoms with Crippen molar-refractivity contribution in [1.29, 1.82) is 0 Å². The van der Waals surface area contributed by atoms with E-state index in [-0.39, 0.29) is 6.54 Å². The molecule has 0 aromatic heterocycles. The Hall–Kier alpha value is -1.00. The van der Waals surface area contributed by atoms with Crippen LogP contribution >= 0.6 is 0 Å².